The number of benzene rings is 1. The number of nitrogens with one attached hydrogen (secondary N) is 1. The van der Waals surface area contributed by atoms with Crippen LogP contribution in [0.5, 0.6) is 0 Å². The van der Waals surface area contributed by atoms with Crippen LogP contribution in [-0.4, -0.2) is 41.0 Å². The Morgan fingerprint density at radius 2 is 1.86 bits per heavy atom. The quantitative estimate of drug-likeness (QED) is 0.916. The van der Waals surface area contributed by atoms with Crippen LogP contribution >= 0.6 is 0 Å². The van der Waals surface area contributed by atoms with E-state index in [1.807, 2.05) is 30.5 Å². The fourth-order valence-corrected chi connectivity index (χ4v) is 3.32. The zero-order chi connectivity index (χ0) is 14.7. The Balaban J connectivity index is 1.63. The molecule has 112 valence electrons. The van der Waals surface area contributed by atoms with Gasteiger partial charge in [0.2, 0.25) is 0 Å². The van der Waals surface area contributed by atoms with Crippen LogP contribution in [-0.2, 0) is 6.54 Å². The molecule has 1 aromatic carbocycles. The normalized spacial score (nSPS) is 17.7. The maximum Gasteiger partial charge on any atom is 0.0890 e. The monoisotopic (exact) mass is 284 g/mol. The average molecular weight is 284 g/mol. The summed E-state index contributed by atoms with van der Waals surface area (Å²) < 4.78 is 0. The van der Waals surface area contributed by atoms with Crippen LogP contribution < -0.4 is 5.32 Å². The number of likely N-dealkylation sites (N-methyl/N-ethyl adjacent to an activating group) is 1. The van der Waals surface area contributed by atoms with Crippen LogP contribution in [0.3, 0.4) is 0 Å². The van der Waals surface area contributed by atoms with Crippen molar-refractivity contribution in [3.8, 4) is 0 Å². The van der Waals surface area contributed by atoms with Gasteiger partial charge in [-0.05, 0) is 39.1 Å². The average Bonchev–Trinajstić information content (AvgIpc) is 2.97. The van der Waals surface area contributed by atoms with Crippen molar-refractivity contribution in [3.05, 3.63) is 36.2 Å². The highest BCUT2D eigenvalue weighted by atomic mass is 15.2. The van der Waals surface area contributed by atoms with Gasteiger partial charge >= 0.3 is 0 Å². The molecule has 0 amide bonds. The standard InChI is InChI=1S/C17H24N4/c1-21(2)17(9-5-6-10-17)13-18-11-14-12-19-15-7-3-4-8-16(15)20-14/h3-4,7-8,12,18H,5-6,9-11,13H2,1-2H3. The largest absolute Gasteiger partial charge is 0.309 e. The zero-order valence-electron chi connectivity index (χ0n) is 13.0. The zero-order valence-corrected chi connectivity index (χ0v) is 13.0. The molecule has 1 aromatic heterocycles. The van der Waals surface area contributed by atoms with Crippen LogP contribution in [0.4, 0.5) is 0 Å². The van der Waals surface area contributed by atoms with Gasteiger partial charge in [-0.1, -0.05) is 25.0 Å². The SMILES string of the molecule is CN(C)C1(CNCc2cnc3ccccc3n2)CCCC1. The molecule has 0 saturated heterocycles. The third-order valence-electron chi connectivity index (χ3n) is 4.74. The van der Waals surface area contributed by atoms with E-state index in [9.17, 15) is 0 Å². The molecule has 0 atom stereocenters. The van der Waals surface area contributed by atoms with E-state index in [2.05, 4.69) is 34.3 Å². The molecule has 0 unspecified atom stereocenters. The Bertz CT molecular complexity index is 603. The van der Waals surface area contributed by atoms with Gasteiger partial charge in [0.25, 0.3) is 0 Å². The molecule has 21 heavy (non-hydrogen) atoms. The van der Waals surface area contributed by atoms with Gasteiger partial charge in [-0.2, -0.15) is 0 Å². The Labute approximate surface area is 126 Å². The first kappa shape index (κ1) is 14.4. The van der Waals surface area contributed by atoms with E-state index < -0.39 is 0 Å². The van der Waals surface area contributed by atoms with E-state index in [1.54, 1.807) is 0 Å². The van der Waals surface area contributed by atoms with Crippen LogP contribution in [0.15, 0.2) is 30.5 Å². The molecular formula is C17H24N4. The summed E-state index contributed by atoms with van der Waals surface area (Å²) in [6, 6.07) is 8.02. The van der Waals surface area contributed by atoms with Gasteiger partial charge in [0.1, 0.15) is 0 Å². The predicted molar refractivity (Wildman–Crippen MR) is 86.1 cm³/mol. The van der Waals surface area contributed by atoms with Gasteiger partial charge in [-0.25, -0.2) is 4.98 Å². The minimum Gasteiger partial charge on any atom is -0.309 e. The summed E-state index contributed by atoms with van der Waals surface area (Å²) in [6.07, 6.45) is 7.14. The van der Waals surface area contributed by atoms with Gasteiger partial charge in [0.15, 0.2) is 0 Å². The highest BCUT2D eigenvalue weighted by Gasteiger charge is 2.35. The van der Waals surface area contributed by atoms with E-state index >= 15 is 0 Å². The second-order valence-corrected chi connectivity index (χ2v) is 6.28. The molecule has 2 aromatic rings. The summed E-state index contributed by atoms with van der Waals surface area (Å²) in [6.45, 7) is 1.81. The van der Waals surface area contributed by atoms with Crippen LogP contribution in [0, 0.1) is 0 Å². The molecule has 1 fully saturated rings. The highest BCUT2D eigenvalue weighted by molar-refractivity contribution is 5.73. The highest BCUT2D eigenvalue weighted by Crippen LogP contribution is 2.33. The van der Waals surface area contributed by atoms with Crippen molar-refractivity contribution < 1.29 is 0 Å². The molecule has 1 aliphatic rings. The van der Waals surface area contributed by atoms with Gasteiger partial charge < -0.3 is 10.2 Å². The Morgan fingerprint density at radius 3 is 2.57 bits per heavy atom. The third-order valence-corrected chi connectivity index (χ3v) is 4.74. The van der Waals surface area contributed by atoms with E-state index in [1.165, 1.54) is 25.7 Å². The van der Waals surface area contributed by atoms with Crippen LogP contribution in [0.25, 0.3) is 11.0 Å². The van der Waals surface area contributed by atoms with Crippen molar-refractivity contribution in [3.63, 3.8) is 0 Å². The smallest absolute Gasteiger partial charge is 0.0890 e. The van der Waals surface area contributed by atoms with Crippen molar-refractivity contribution in [1.29, 1.82) is 0 Å². The topological polar surface area (TPSA) is 41.0 Å². The Morgan fingerprint density at radius 1 is 1.14 bits per heavy atom. The summed E-state index contributed by atoms with van der Waals surface area (Å²) in [5.74, 6) is 0. The molecule has 1 aliphatic carbocycles. The van der Waals surface area contributed by atoms with Gasteiger partial charge in [0, 0.05) is 18.6 Å². The summed E-state index contributed by atoms with van der Waals surface area (Å²) in [5.41, 5.74) is 3.27. The molecule has 1 N–H and O–H groups in total. The molecule has 1 heterocycles. The summed E-state index contributed by atoms with van der Waals surface area (Å²) in [7, 11) is 4.39. The van der Waals surface area contributed by atoms with E-state index in [-0.39, 0.29) is 0 Å². The molecular weight excluding hydrogens is 260 g/mol. The maximum absolute atomic E-state index is 4.67. The van der Waals surface area contributed by atoms with Crippen molar-refractivity contribution >= 4 is 11.0 Å². The predicted octanol–water partition coefficient (Wildman–Crippen LogP) is 2.59. The van der Waals surface area contributed by atoms with E-state index in [4.69, 9.17) is 0 Å². The molecule has 0 aliphatic heterocycles. The second-order valence-electron chi connectivity index (χ2n) is 6.28. The Hall–Kier alpha value is -1.52. The first-order valence-electron chi connectivity index (χ1n) is 7.78. The lowest BCUT2D eigenvalue weighted by Gasteiger charge is -2.36. The number of hydrogen-bond donors (Lipinski definition) is 1. The number of para-hydroxylation sites is 2. The Kier molecular flexibility index (Phi) is 4.17. The fourth-order valence-electron chi connectivity index (χ4n) is 3.32. The molecule has 1 saturated carbocycles. The molecule has 4 heteroatoms. The van der Waals surface area contributed by atoms with Gasteiger partial charge in [0.05, 0.1) is 22.9 Å². The molecule has 3 rings (SSSR count). The summed E-state index contributed by atoms with van der Waals surface area (Å²) in [5, 5.41) is 3.59. The number of rotatable bonds is 5. The second kappa shape index (κ2) is 6.08. The maximum atomic E-state index is 4.67. The summed E-state index contributed by atoms with van der Waals surface area (Å²) >= 11 is 0. The molecule has 0 radical (unpaired) electrons. The number of hydrogen-bond acceptors (Lipinski definition) is 4. The molecule has 4 nitrogen and oxygen atoms in total. The van der Waals surface area contributed by atoms with E-state index in [0.717, 1.165) is 29.8 Å². The number of aromatic nitrogens is 2. The lowest BCUT2D eigenvalue weighted by molar-refractivity contribution is 0.153. The van der Waals surface area contributed by atoms with Crippen molar-refractivity contribution in [2.75, 3.05) is 20.6 Å². The summed E-state index contributed by atoms with van der Waals surface area (Å²) in [4.78, 5) is 11.5. The first-order chi connectivity index (χ1) is 10.2. The van der Waals surface area contributed by atoms with Crippen molar-refractivity contribution in [1.82, 2.24) is 20.2 Å². The van der Waals surface area contributed by atoms with Gasteiger partial charge in [-0.15, -0.1) is 0 Å². The van der Waals surface area contributed by atoms with Crippen molar-refractivity contribution in [2.24, 2.45) is 0 Å². The molecule has 0 bridgehead atoms. The van der Waals surface area contributed by atoms with E-state index in [0.29, 0.717) is 5.54 Å². The van der Waals surface area contributed by atoms with Gasteiger partial charge in [-0.3, -0.25) is 4.98 Å². The minimum absolute atomic E-state index is 0.324. The first-order valence-corrected chi connectivity index (χ1v) is 7.78. The third kappa shape index (κ3) is 3.06. The minimum atomic E-state index is 0.324. The van der Waals surface area contributed by atoms with Crippen LogP contribution in [0.1, 0.15) is 31.4 Å². The van der Waals surface area contributed by atoms with Crippen LogP contribution in [0.2, 0.25) is 0 Å². The lowest BCUT2D eigenvalue weighted by Crippen LogP contribution is -2.49. The number of fused-ring (bicyclic) bond motifs is 1. The lowest BCUT2D eigenvalue weighted by atomic mass is 9.96. The number of nitrogens with zero attached hydrogens (tertiary/aromatic N) is 3. The van der Waals surface area contributed by atoms with Crippen molar-refractivity contribution in [2.45, 2.75) is 37.8 Å². The fraction of sp³-hybridized carbons (Fsp3) is 0.529. The molecule has 0 spiro atoms.